The maximum atomic E-state index is 12.0. The molecule has 0 saturated heterocycles. The van der Waals surface area contributed by atoms with Gasteiger partial charge in [-0.1, -0.05) is 27.7 Å². The second-order valence-corrected chi connectivity index (χ2v) is 6.33. The molecule has 3 N–H and O–H groups in total. The number of benzene rings is 1. The highest BCUT2D eigenvalue weighted by molar-refractivity contribution is 5.96. The van der Waals surface area contributed by atoms with Gasteiger partial charge in [-0.05, 0) is 37.0 Å². The van der Waals surface area contributed by atoms with Gasteiger partial charge in [0, 0.05) is 25.2 Å². The van der Waals surface area contributed by atoms with Crippen LogP contribution in [0.2, 0.25) is 0 Å². The van der Waals surface area contributed by atoms with Crippen LogP contribution in [0.3, 0.4) is 0 Å². The Balaban J connectivity index is 3.10. The smallest absolute Gasteiger partial charge is 0.251 e. The largest absolute Gasteiger partial charge is 0.397 e. The van der Waals surface area contributed by atoms with E-state index in [2.05, 4.69) is 37.9 Å². The highest BCUT2D eigenvalue weighted by Crippen LogP contribution is 2.26. The summed E-state index contributed by atoms with van der Waals surface area (Å²) in [6.07, 6.45) is 0. The number of nitrogens with two attached hydrogens (primary N) is 1. The van der Waals surface area contributed by atoms with E-state index in [9.17, 15) is 4.79 Å². The summed E-state index contributed by atoms with van der Waals surface area (Å²) >= 11 is 0. The van der Waals surface area contributed by atoms with Crippen LogP contribution in [0.5, 0.6) is 0 Å². The topological polar surface area (TPSA) is 58.4 Å². The number of nitrogens with one attached hydrogen (secondary N) is 1. The van der Waals surface area contributed by atoms with E-state index >= 15 is 0 Å². The molecule has 0 atom stereocenters. The summed E-state index contributed by atoms with van der Waals surface area (Å²) in [7, 11) is 0. The molecule has 0 aliphatic heterocycles. The Hall–Kier alpha value is -1.71. The van der Waals surface area contributed by atoms with Crippen molar-refractivity contribution in [2.45, 2.75) is 34.6 Å². The number of rotatable bonds is 7. The van der Waals surface area contributed by atoms with Crippen molar-refractivity contribution in [2.24, 2.45) is 11.8 Å². The Morgan fingerprint density at radius 1 is 1.19 bits per heavy atom. The molecular formula is C17H29N3O. The fraction of sp³-hybridized carbons (Fsp3) is 0.588. The summed E-state index contributed by atoms with van der Waals surface area (Å²) in [5, 5.41) is 2.83. The van der Waals surface area contributed by atoms with Gasteiger partial charge >= 0.3 is 0 Å². The molecule has 0 radical (unpaired) electrons. The number of amides is 1. The lowest BCUT2D eigenvalue weighted by Crippen LogP contribution is -2.32. The summed E-state index contributed by atoms with van der Waals surface area (Å²) < 4.78 is 0. The van der Waals surface area contributed by atoms with Crippen LogP contribution in [0.15, 0.2) is 18.2 Å². The number of hydrogen-bond donors (Lipinski definition) is 2. The van der Waals surface area contributed by atoms with Crippen LogP contribution in [-0.2, 0) is 0 Å². The maximum Gasteiger partial charge on any atom is 0.251 e. The SMILES string of the molecule is CCNC(=O)c1ccc(N)c(N(CC(C)C)CC(C)C)c1. The third kappa shape index (κ3) is 5.29. The number of anilines is 2. The van der Waals surface area contributed by atoms with E-state index in [4.69, 9.17) is 5.73 Å². The molecule has 0 unspecified atom stereocenters. The van der Waals surface area contributed by atoms with E-state index < -0.39 is 0 Å². The zero-order chi connectivity index (χ0) is 16.0. The fourth-order valence-corrected chi connectivity index (χ4v) is 2.37. The fourth-order valence-electron chi connectivity index (χ4n) is 2.37. The van der Waals surface area contributed by atoms with E-state index in [1.807, 2.05) is 19.1 Å². The Kier molecular flexibility index (Phi) is 6.53. The summed E-state index contributed by atoms with van der Waals surface area (Å²) in [6.45, 7) is 13.2. The molecule has 0 aliphatic carbocycles. The van der Waals surface area contributed by atoms with E-state index in [0.29, 0.717) is 23.9 Å². The Labute approximate surface area is 128 Å². The van der Waals surface area contributed by atoms with Crippen molar-refractivity contribution in [3.63, 3.8) is 0 Å². The summed E-state index contributed by atoms with van der Waals surface area (Å²) in [4.78, 5) is 14.3. The summed E-state index contributed by atoms with van der Waals surface area (Å²) in [5.74, 6) is 1.03. The molecule has 4 heteroatoms. The van der Waals surface area contributed by atoms with Crippen LogP contribution >= 0.6 is 0 Å². The minimum atomic E-state index is -0.0483. The van der Waals surface area contributed by atoms with Crippen molar-refractivity contribution in [2.75, 3.05) is 30.3 Å². The first-order valence-corrected chi connectivity index (χ1v) is 7.77. The molecule has 0 aliphatic rings. The molecule has 1 aromatic carbocycles. The molecule has 1 aromatic rings. The molecular weight excluding hydrogens is 262 g/mol. The average molecular weight is 291 g/mol. The Morgan fingerprint density at radius 3 is 2.24 bits per heavy atom. The lowest BCUT2D eigenvalue weighted by Gasteiger charge is -2.30. The third-order valence-electron chi connectivity index (χ3n) is 3.14. The van der Waals surface area contributed by atoms with Crippen LogP contribution in [0.25, 0.3) is 0 Å². The van der Waals surface area contributed by atoms with Gasteiger partial charge in [-0.3, -0.25) is 4.79 Å². The molecule has 1 rings (SSSR count). The monoisotopic (exact) mass is 291 g/mol. The Bertz CT molecular complexity index is 459. The summed E-state index contributed by atoms with van der Waals surface area (Å²) in [6, 6.07) is 5.52. The molecule has 0 bridgehead atoms. The molecule has 0 aromatic heterocycles. The van der Waals surface area contributed by atoms with Gasteiger partial charge in [-0.25, -0.2) is 0 Å². The van der Waals surface area contributed by atoms with Gasteiger partial charge in [0.05, 0.1) is 11.4 Å². The molecule has 0 saturated carbocycles. The molecule has 1 amide bonds. The van der Waals surface area contributed by atoms with Gasteiger partial charge in [0.25, 0.3) is 5.91 Å². The van der Waals surface area contributed by atoms with E-state index in [-0.39, 0.29) is 5.91 Å². The predicted molar refractivity (Wildman–Crippen MR) is 90.8 cm³/mol. The average Bonchev–Trinajstić information content (AvgIpc) is 2.37. The molecule has 118 valence electrons. The second-order valence-electron chi connectivity index (χ2n) is 6.33. The number of hydrogen-bond acceptors (Lipinski definition) is 3. The van der Waals surface area contributed by atoms with E-state index in [0.717, 1.165) is 24.5 Å². The number of nitrogen functional groups attached to an aromatic ring is 1. The van der Waals surface area contributed by atoms with Gasteiger partial charge in [0.2, 0.25) is 0 Å². The van der Waals surface area contributed by atoms with Crippen molar-refractivity contribution in [3.05, 3.63) is 23.8 Å². The van der Waals surface area contributed by atoms with Crippen molar-refractivity contribution in [3.8, 4) is 0 Å². The van der Waals surface area contributed by atoms with Crippen LogP contribution < -0.4 is 16.0 Å². The minimum Gasteiger partial charge on any atom is -0.397 e. The molecule has 21 heavy (non-hydrogen) atoms. The lowest BCUT2D eigenvalue weighted by molar-refractivity contribution is 0.0956. The van der Waals surface area contributed by atoms with Crippen LogP contribution in [0, 0.1) is 11.8 Å². The maximum absolute atomic E-state index is 12.0. The van der Waals surface area contributed by atoms with Gasteiger partial charge < -0.3 is 16.0 Å². The van der Waals surface area contributed by atoms with Crippen molar-refractivity contribution >= 4 is 17.3 Å². The quantitative estimate of drug-likeness (QED) is 0.759. The van der Waals surface area contributed by atoms with Gasteiger partial charge in [-0.15, -0.1) is 0 Å². The lowest BCUT2D eigenvalue weighted by atomic mass is 10.1. The zero-order valence-corrected chi connectivity index (χ0v) is 13.9. The van der Waals surface area contributed by atoms with Crippen LogP contribution in [0.1, 0.15) is 45.0 Å². The van der Waals surface area contributed by atoms with Crippen LogP contribution in [-0.4, -0.2) is 25.5 Å². The van der Waals surface area contributed by atoms with Crippen molar-refractivity contribution < 1.29 is 4.79 Å². The van der Waals surface area contributed by atoms with E-state index in [1.54, 1.807) is 6.07 Å². The first kappa shape index (κ1) is 17.3. The predicted octanol–water partition coefficient (Wildman–Crippen LogP) is 3.14. The number of carbonyl (C=O) groups is 1. The van der Waals surface area contributed by atoms with E-state index in [1.165, 1.54) is 0 Å². The second kappa shape index (κ2) is 7.91. The number of nitrogens with zero attached hydrogens (tertiary/aromatic N) is 1. The standard InChI is InChI=1S/C17H29N3O/c1-6-19-17(21)14-7-8-15(18)16(9-14)20(10-12(2)3)11-13(4)5/h7-9,12-13H,6,10-11,18H2,1-5H3,(H,19,21). The van der Waals surface area contributed by atoms with Gasteiger partial charge in [0.1, 0.15) is 0 Å². The first-order valence-electron chi connectivity index (χ1n) is 7.77. The van der Waals surface area contributed by atoms with Gasteiger partial charge in [-0.2, -0.15) is 0 Å². The summed E-state index contributed by atoms with van der Waals surface area (Å²) in [5.41, 5.74) is 8.49. The molecule has 0 spiro atoms. The zero-order valence-electron chi connectivity index (χ0n) is 13.9. The number of carbonyl (C=O) groups excluding carboxylic acids is 1. The highest BCUT2D eigenvalue weighted by Gasteiger charge is 2.15. The third-order valence-corrected chi connectivity index (χ3v) is 3.14. The first-order chi connectivity index (χ1) is 9.85. The highest BCUT2D eigenvalue weighted by atomic mass is 16.1. The van der Waals surface area contributed by atoms with Crippen LogP contribution in [0.4, 0.5) is 11.4 Å². The molecule has 0 fully saturated rings. The van der Waals surface area contributed by atoms with Crippen molar-refractivity contribution in [1.82, 2.24) is 5.32 Å². The normalized spacial score (nSPS) is 11.0. The Morgan fingerprint density at radius 2 is 1.76 bits per heavy atom. The minimum absolute atomic E-state index is 0.0483. The molecule has 4 nitrogen and oxygen atoms in total. The molecule has 0 heterocycles. The van der Waals surface area contributed by atoms with Gasteiger partial charge in [0.15, 0.2) is 0 Å². The van der Waals surface area contributed by atoms with Crippen molar-refractivity contribution in [1.29, 1.82) is 0 Å².